The molecule has 2 aromatic rings. The summed E-state index contributed by atoms with van der Waals surface area (Å²) in [5.41, 5.74) is 3.49. The van der Waals surface area contributed by atoms with Gasteiger partial charge in [0, 0.05) is 31.2 Å². The van der Waals surface area contributed by atoms with E-state index in [4.69, 9.17) is 4.74 Å². The molecule has 1 aromatic carbocycles. The normalized spacial score (nSPS) is 16.2. The topological polar surface area (TPSA) is 42.3 Å². The van der Waals surface area contributed by atoms with Crippen molar-refractivity contribution in [1.29, 1.82) is 0 Å². The first-order valence-electron chi connectivity index (χ1n) is 7.87. The van der Waals surface area contributed by atoms with Gasteiger partial charge in [-0.3, -0.25) is 9.58 Å². The van der Waals surface area contributed by atoms with Gasteiger partial charge in [0.2, 0.25) is 0 Å². The van der Waals surface area contributed by atoms with E-state index in [9.17, 15) is 4.39 Å². The molecule has 1 atom stereocenters. The van der Waals surface area contributed by atoms with Crippen molar-refractivity contribution in [3.05, 3.63) is 47.0 Å². The number of hydrogen-bond acceptors (Lipinski definition) is 4. The minimum Gasteiger partial charge on any atom is -0.494 e. The van der Waals surface area contributed by atoms with Crippen LogP contribution < -0.4 is 10.1 Å². The van der Waals surface area contributed by atoms with Crippen molar-refractivity contribution in [2.24, 2.45) is 0 Å². The number of aromatic nitrogens is 2. The Balaban J connectivity index is 1.68. The Hall–Kier alpha value is -1.92. The molecule has 6 heteroatoms. The standard InChI is InChI=1S/C17H23FN4O/c1-12(13-4-5-15(18)17(8-13)23-3)19-9-14-10-20-22-7-6-21(2)11-16(14)22/h4-5,8,10,12,19H,6-7,9,11H2,1-3H3. The van der Waals surface area contributed by atoms with Gasteiger partial charge in [-0.05, 0) is 31.7 Å². The quantitative estimate of drug-likeness (QED) is 0.919. The van der Waals surface area contributed by atoms with Gasteiger partial charge in [0.25, 0.3) is 0 Å². The maximum absolute atomic E-state index is 13.5. The van der Waals surface area contributed by atoms with Crippen molar-refractivity contribution >= 4 is 0 Å². The number of nitrogens with one attached hydrogen (secondary N) is 1. The summed E-state index contributed by atoms with van der Waals surface area (Å²) in [6, 6.07) is 5.08. The zero-order valence-electron chi connectivity index (χ0n) is 13.8. The number of benzene rings is 1. The van der Waals surface area contributed by atoms with Crippen molar-refractivity contribution in [3.63, 3.8) is 0 Å². The highest BCUT2D eigenvalue weighted by atomic mass is 19.1. The number of ether oxygens (including phenoxy) is 1. The molecule has 0 fully saturated rings. The maximum Gasteiger partial charge on any atom is 0.165 e. The fourth-order valence-corrected chi connectivity index (χ4v) is 2.90. The molecule has 0 spiro atoms. The highest BCUT2D eigenvalue weighted by molar-refractivity contribution is 5.32. The number of likely N-dealkylation sites (N-methyl/N-ethyl adjacent to an activating group) is 1. The van der Waals surface area contributed by atoms with Gasteiger partial charge < -0.3 is 10.1 Å². The largest absolute Gasteiger partial charge is 0.494 e. The number of hydrogen-bond donors (Lipinski definition) is 1. The third kappa shape index (κ3) is 3.38. The summed E-state index contributed by atoms with van der Waals surface area (Å²) >= 11 is 0. The van der Waals surface area contributed by atoms with Crippen LogP contribution in [0, 0.1) is 5.82 Å². The zero-order chi connectivity index (χ0) is 16.4. The molecule has 0 radical (unpaired) electrons. The van der Waals surface area contributed by atoms with E-state index in [-0.39, 0.29) is 17.6 Å². The molecule has 3 rings (SSSR count). The first-order chi connectivity index (χ1) is 11.1. The van der Waals surface area contributed by atoms with Crippen molar-refractivity contribution in [1.82, 2.24) is 20.0 Å². The fourth-order valence-electron chi connectivity index (χ4n) is 2.90. The summed E-state index contributed by atoms with van der Waals surface area (Å²) in [7, 11) is 3.61. The first-order valence-corrected chi connectivity index (χ1v) is 7.87. The third-order valence-electron chi connectivity index (χ3n) is 4.42. The number of nitrogens with zero attached hydrogens (tertiary/aromatic N) is 3. The molecule has 1 N–H and O–H groups in total. The molecule has 0 bridgehead atoms. The summed E-state index contributed by atoms with van der Waals surface area (Å²) < 4.78 is 20.6. The van der Waals surface area contributed by atoms with Gasteiger partial charge >= 0.3 is 0 Å². The van der Waals surface area contributed by atoms with Crippen molar-refractivity contribution in [2.45, 2.75) is 32.6 Å². The molecule has 0 amide bonds. The predicted molar refractivity (Wildman–Crippen MR) is 86.8 cm³/mol. The Labute approximate surface area is 136 Å². The van der Waals surface area contributed by atoms with Crippen molar-refractivity contribution < 1.29 is 9.13 Å². The lowest BCUT2D eigenvalue weighted by Crippen LogP contribution is -2.31. The van der Waals surface area contributed by atoms with Gasteiger partial charge in [0.05, 0.1) is 25.5 Å². The first kappa shape index (κ1) is 16.0. The summed E-state index contributed by atoms with van der Waals surface area (Å²) in [5, 5.41) is 7.95. The second-order valence-corrected chi connectivity index (χ2v) is 6.07. The molecule has 0 saturated heterocycles. The van der Waals surface area contributed by atoms with Crippen LogP contribution in [0.15, 0.2) is 24.4 Å². The Kier molecular flexibility index (Phi) is 4.63. The Bertz CT molecular complexity index is 685. The number of halogens is 1. The Morgan fingerprint density at radius 1 is 1.39 bits per heavy atom. The Morgan fingerprint density at radius 2 is 2.22 bits per heavy atom. The minimum absolute atomic E-state index is 0.0985. The molecular weight excluding hydrogens is 295 g/mol. The lowest BCUT2D eigenvalue weighted by Gasteiger charge is -2.24. The van der Waals surface area contributed by atoms with Crippen LogP contribution >= 0.6 is 0 Å². The molecule has 1 aromatic heterocycles. The lowest BCUT2D eigenvalue weighted by atomic mass is 10.1. The molecule has 23 heavy (non-hydrogen) atoms. The van der Waals surface area contributed by atoms with E-state index in [0.29, 0.717) is 0 Å². The molecule has 0 saturated carbocycles. The van der Waals surface area contributed by atoms with E-state index in [1.54, 1.807) is 12.1 Å². The molecular formula is C17H23FN4O. The smallest absolute Gasteiger partial charge is 0.165 e. The summed E-state index contributed by atoms with van der Waals surface area (Å²) in [4.78, 5) is 2.30. The van der Waals surface area contributed by atoms with Gasteiger partial charge in [-0.25, -0.2) is 4.39 Å². The highest BCUT2D eigenvalue weighted by Gasteiger charge is 2.18. The average molecular weight is 318 g/mol. The molecule has 0 aliphatic carbocycles. The molecule has 1 unspecified atom stereocenters. The number of fused-ring (bicyclic) bond motifs is 1. The van der Waals surface area contributed by atoms with E-state index >= 15 is 0 Å². The fraction of sp³-hybridized carbons (Fsp3) is 0.471. The van der Waals surface area contributed by atoms with Crippen LogP contribution in [-0.2, 0) is 19.6 Å². The Morgan fingerprint density at radius 3 is 3.00 bits per heavy atom. The molecule has 1 aliphatic rings. The summed E-state index contributed by atoms with van der Waals surface area (Å²) in [6.07, 6.45) is 1.94. The van der Waals surface area contributed by atoms with Crippen LogP contribution in [0.25, 0.3) is 0 Å². The van der Waals surface area contributed by atoms with Gasteiger partial charge in [-0.15, -0.1) is 0 Å². The maximum atomic E-state index is 13.5. The van der Waals surface area contributed by atoms with Gasteiger partial charge in [-0.1, -0.05) is 6.07 Å². The SMILES string of the molecule is COc1cc(C(C)NCc2cnn3c2CN(C)CC3)ccc1F. The highest BCUT2D eigenvalue weighted by Crippen LogP contribution is 2.23. The van der Waals surface area contributed by atoms with Crippen LogP contribution in [-0.4, -0.2) is 35.4 Å². The van der Waals surface area contributed by atoms with Gasteiger partial charge in [0.1, 0.15) is 0 Å². The zero-order valence-corrected chi connectivity index (χ0v) is 13.8. The van der Waals surface area contributed by atoms with Crippen molar-refractivity contribution in [2.75, 3.05) is 20.7 Å². The van der Waals surface area contributed by atoms with Crippen LogP contribution in [0.5, 0.6) is 5.75 Å². The van der Waals surface area contributed by atoms with Crippen LogP contribution in [0.1, 0.15) is 29.8 Å². The van der Waals surface area contributed by atoms with E-state index in [1.165, 1.54) is 24.4 Å². The summed E-state index contributed by atoms with van der Waals surface area (Å²) in [5.74, 6) is -0.0575. The number of rotatable bonds is 5. The van der Waals surface area contributed by atoms with Gasteiger partial charge in [-0.2, -0.15) is 5.10 Å². The second-order valence-electron chi connectivity index (χ2n) is 6.07. The van der Waals surface area contributed by atoms with E-state index in [1.807, 2.05) is 6.20 Å². The summed E-state index contributed by atoms with van der Waals surface area (Å²) in [6.45, 7) is 5.71. The van der Waals surface area contributed by atoms with E-state index < -0.39 is 0 Å². The predicted octanol–water partition coefficient (Wildman–Crippen LogP) is 2.33. The molecule has 5 nitrogen and oxygen atoms in total. The third-order valence-corrected chi connectivity index (χ3v) is 4.42. The van der Waals surface area contributed by atoms with Crippen LogP contribution in [0.3, 0.4) is 0 Å². The number of methoxy groups -OCH3 is 1. The van der Waals surface area contributed by atoms with Crippen molar-refractivity contribution in [3.8, 4) is 5.75 Å². The molecule has 2 heterocycles. The second kappa shape index (κ2) is 6.68. The van der Waals surface area contributed by atoms with E-state index in [2.05, 4.69) is 34.0 Å². The van der Waals surface area contributed by atoms with Crippen LogP contribution in [0.4, 0.5) is 4.39 Å². The molecule has 1 aliphatic heterocycles. The molecule has 124 valence electrons. The van der Waals surface area contributed by atoms with E-state index in [0.717, 1.165) is 31.7 Å². The van der Waals surface area contributed by atoms with Gasteiger partial charge in [0.15, 0.2) is 11.6 Å². The monoisotopic (exact) mass is 318 g/mol. The minimum atomic E-state index is -0.336. The lowest BCUT2D eigenvalue weighted by molar-refractivity contribution is 0.257. The average Bonchev–Trinajstić information content (AvgIpc) is 2.95. The van der Waals surface area contributed by atoms with Crippen LogP contribution in [0.2, 0.25) is 0 Å².